The molecule has 5 aromatic rings. The smallest absolute Gasteiger partial charge is 0.343 e. The monoisotopic (exact) mass is 678 g/mol. The number of aromatic nitrogens is 3. The number of nitrogens with one attached hydrogen (secondary N) is 2. The highest BCUT2D eigenvalue weighted by atomic mass is 32.1. The van der Waals surface area contributed by atoms with E-state index in [1.54, 1.807) is 36.4 Å². The lowest BCUT2D eigenvalue weighted by atomic mass is 10.1. The average Bonchev–Trinajstić information content (AvgIpc) is 3.39. The van der Waals surface area contributed by atoms with Crippen LogP contribution in [0.3, 0.4) is 0 Å². The molecule has 0 unspecified atom stereocenters. The number of hydrogen-bond donors (Lipinski definition) is 2. The van der Waals surface area contributed by atoms with Crippen molar-refractivity contribution in [3.8, 4) is 22.1 Å². The Morgan fingerprint density at radius 3 is 2.40 bits per heavy atom. The van der Waals surface area contributed by atoms with Crippen molar-refractivity contribution in [3.05, 3.63) is 104 Å². The van der Waals surface area contributed by atoms with Gasteiger partial charge in [-0.25, -0.2) is 28.4 Å². The van der Waals surface area contributed by atoms with Crippen LogP contribution in [-0.2, 0) is 22.7 Å². The molecule has 15 heteroatoms. The highest BCUT2D eigenvalue weighted by Gasteiger charge is 2.26. The van der Waals surface area contributed by atoms with E-state index in [1.165, 1.54) is 23.8 Å². The van der Waals surface area contributed by atoms with Crippen molar-refractivity contribution in [1.29, 1.82) is 0 Å². The molecule has 0 bridgehead atoms. The zero-order valence-corrected chi connectivity index (χ0v) is 27.1. The third kappa shape index (κ3) is 6.71. The molecular formula is C33H32F2N6O6S. The topological polar surface area (TPSA) is 129 Å². The standard InChI is InChI=1S/C33H32F2N6O6S/c1-39(2)14-23-28-30(42)41(26-8-5-9-27(37-26)47-18-19-16-46-17-19)33(44)40(15-22-24(34)6-4-7-25(22)35)31(28)48-29(23)20-10-12-21(13-11-20)36-32(43)38-45-3/h4-13,19H,14-18H2,1-3H3,(H2,36,38,43). The number of hydroxylamine groups is 1. The summed E-state index contributed by atoms with van der Waals surface area (Å²) in [5, 5.41) is 2.85. The van der Waals surface area contributed by atoms with Crippen LogP contribution < -0.4 is 26.8 Å². The largest absolute Gasteiger partial charge is 0.477 e. The van der Waals surface area contributed by atoms with Crippen molar-refractivity contribution in [2.75, 3.05) is 46.3 Å². The average molecular weight is 679 g/mol. The number of rotatable bonds is 11. The number of thiophene rings is 1. The molecule has 48 heavy (non-hydrogen) atoms. The van der Waals surface area contributed by atoms with E-state index in [0.717, 1.165) is 28.0 Å². The Morgan fingerprint density at radius 2 is 1.75 bits per heavy atom. The molecule has 1 saturated heterocycles. The van der Waals surface area contributed by atoms with Crippen molar-refractivity contribution in [1.82, 2.24) is 24.5 Å². The highest BCUT2D eigenvalue weighted by molar-refractivity contribution is 7.22. The van der Waals surface area contributed by atoms with Gasteiger partial charge in [-0.2, -0.15) is 4.98 Å². The minimum absolute atomic E-state index is 0.00494. The zero-order valence-electron chi connectivity index (χ0n) is 26.3. The number of urea groups is 1. The Bertz CT molecular complexity index is 2070. The molecule has 1 aliphatic heterocycles. The quantitative estimate of drug-likeness (QED) is 0.197. The second-order valence-electron chi connectivity index (χ2n) is 11.4. The van der Waals surface area contributed by atoms with Gasteiger partial charge in [-0.3, -0.25) is 14.2 Å². The van der Waals surface area contributed by atoms with Crippen LogP contribution in [0.2, 0.25) is 0 Å². The molecule has 2 aromatic carbocycles. The molecule has 4 heterocycles. The highest BCUT2D eigenvalue weighted by Crippen LogP contribution is 2.38. The van der Waals surface area contributed by atoms with Gasteiger partial charge in [-0.05, 0) is 55.6 Å². The van der Waals surface area contributed by atoms with E-state index in [0.29, 0.717) is 48.1 Å². The summed E-state index contributed by atoms with van der Waals surface area (Å²) in [6, 6.07) is 14.5. The molecule has 12 nitrogen and oxygen atoms in total. The van der Waals surface area contributed by atoms with E-state index in [4.69, 9.17) is 9.47 Å². The molecule has 6 rings (SSSR count). The first-order valence-electron chi connectivity index (χ1n) is 14.9. The van der Waals surface area contributed by atoms with Crippen LogP contribution in [0.15, 0.2) is 70.3 Å². The molecule has 2 amide bonds. The van der Waals surface area contributed by atoms with Gasteiger partial charge in [0.1, 0.15) is 22.3 Å². The molecule has 250 valence electrons. The van der Waals surface area contributed by atoms with Gasteiger partial charge in [0.15, 0.2) is 0 Å². The second-order valence-corrected chi connectivity index (χ2v) is 12.4. The molecule has 0 spiro atoms. The molecule has 1 fully saturated rings. The molecule has 1 aliphatic rings. The SMILES string of the molecule is CONC(=O)Nc1ccc(-c2sc3c(c2CN(C)C)c(=O)n(-c2cccc(OCC4COC4)n2)c(=O)n3Cc2c(F)cccc2F)cc1. The van der Waals surface area contributed by atoms with Crippen molar-refractivity contribution >= 4 is 33.3 Å². The van der Waals surface area contributed by atoms with Gasteiger partial charge >= 0.3 is 11.7 Å². The van der Waals surface area contributed by atoms with Gasteiger partial charge in [-0.15, -0.1) is 11.3 Å². The Morgan fingerprint density at radius 1 is 1.04 bits per heavy atom. The summed E-state index contributed by atoms with van der Waals surface area (Å²) in [5.41, 5.74) is 2.19. The van der Waals surface area contributed by atoms with Crippen LogP contribution in [-0.4, -0.2) is 66.1 Å². The molecule has 3 aromatic heterocycles. The van der Waals surface area contributed by atoms with Crippen molar-refractivity contribution < 1.29 is 27.9 Å². The van der Waals surface area contributed by atoms with Crippen LogP contribution in [0.1, 0.15) is 11.1 Å². The van der Waals surface area contributed by atoms with E-state index in [-0.39, 0.29) is 33.4 Å². The Balaban J connectivity index is 1.55. The van der Waals surface area contributed by atoms with Crippen LogP contribution in [0.25, 0.3) is 26.5 Å². The lowest BCUT2D eigenvalue weighted by molar-refractivity contribution is -0.0514. The van der Waals surface area contributed by atoms with Crippen LogP contribution >= 0.6 is 11.3 Å². The molecule has 2 N–H and O–H groups in total. The van der Waals surface area contributed by atoms with E-state index in [2.05, 4.69) is 20.6 Å². The minimum atomic E-state index is -0.827. The number of amides is 2. The predicted octanol–water partition coefficient (Wildman–Crippen LogP) is 4.37. The summed E-state index contributed by atoms with van der Waals surface area (Å²) in [6.07, 6.45) is 0. The molecule has 0 radical (unpaired) electrons. The molecule has 0 aliphatic carbocycles. The fourth-order valence-corrected chi connectivity index (χ4v) is 6.60. The van der Waals surface area contributed by atoms with Gasteiger partial charge in [0.2, 0.25) is 5.88 Å². The van der Waals surface area contributed by atoms with Crippen LogP contribution in [0, 0.1) is 17.6 Å². The number of fused-ring (bicyclic) bond motifs is 1. The first-order valence-corrected chi connectivity index (χ1v) is 15.7. The van der Waals surface area contributed by atoms with Gasteiger partial charge in [0.05, 0.1) is 38.9 Å². The lowest BCUT2D eigenvalue weighted by Crippen LogP contribution is -2.39. The van der Waals surface area contributed by atoms with E-state index < -0.39 is 35.5 Å². The summed E-state index contributed by atoms with van der Waals surface area (Å²) in [6.45, 7) is 1.32. The van der Waals surface area contributed by atoms with E-state index in [1.807, 2.05) is 19.0 Å². The minimum Gasteiger partial charge on any atom is -0.477 e. The number of carbonyl (C=O) groups is 1. The number of halogens is 2. The number of nitrogens with zero attached hydrogens (tertiary/aromatic N) is 4. The maximum absolute atomic E-state index is 15.0. The first-order chi connectivity index (χ1) is 23.1. The third-order valence-corrected chi connectivity index (χ3v) is 8.94. The molecule has 0 saturated carbocycles. The van der Waals surface area contributed by atoms with E-state index in [9.17, 15) is 23.2 Å². The molecular weight excluding hydrogens is 646 g/mol. The fourth-order valence-electron chi connectivity index (χ4n) is 5.30. The number of benzene rings is 2. The number of anilines is 1. The number of hydrogen-bond acceptors (Lipinski definition) is 9. The third-order valence-electron chi connectivity index (χ3n) is 7.64. The van der Waals surface area contributed by atoms with Crippen molar-refractivity contribution in [2.24, 2.45) is 5.92 Å². The summed E-state index contributed by atoms with van der Waals surface area (Å²) >= 11 is 1.16. The first kappa shape index (κ1) is 33.0. The van der Waals surface area contributed by atoms with Gasteiger partial charge in [0, 0.05) is 34.7 Å². The fraction of sp³-hybridized carbons (Fsp3) is 0.273. The number of carbonyl (C=O) groups excluding carboxylic acids is 1. The Hall–Kier alpha value is -4.96. The second kappa shape index (κ2) is 14.0. The zero-order chi connectivity index (χ0) is 33.9. The Labute approximate surface area is 277 Å². The lowest BCUT2D eigenvalue weighted by Gasteiger charge is -2.25. The maximum Gasteiger partial charge on any atom is 0.343 e. The van der Waals surface area contributed by atoms with Crippen LogP contribution in [0.5, 0.6) is 5.88 Å². The van der Waals surface area contributed by atoms with Crippen molar-refractivity contribution in [2.45, 2.75) is 13.1 Å². The maximum atomic E-state index is 15.0. The normalized spacial score (nSPS) is 13.1. The summed E-state index contributed by atoms with van der Waals surface area (Å²) in [4.78, 5) is 52.5. The molecule has 0 atom stereocenters. The predicted molar refractivity (Wildman–Crippen MR) is 177 cm³/mol. The van der Waals surface area contributed by atoms with Gasteiger partial charge < -0.3 is 19.7 Å². The number of pyridine rings is 1. The summed E-state index contributed by atoms with van der Waals surface area (Å²) in [5.74, 6) is -1.22. The van der Waals surface area contributed by atoms with Crippen LogP contribution in [0.4, 0.5) is 19.3 Å². The van der Waals surface area contributed by atoms with Gasteiger partial charge in [0.25, 0.3) is 5.56 Å². The summed E-state index contributed by atoms with van der Waals surface area (Å²) < 4.78 is 43.1. The van der Waals surface area contributed by atoms with Gasteiger partial charge in [-0.1, -0.05) is 24.3 Å². The summed E-state index contributed by atoms with van der Waals surface area (Å²) in [7, 11) is 5.00. The Kier molecular flexibility index (Phi) is 9.63. The number of ether oxygens (including phenoxy) is 2. The van der Waals surface area contributed by atoms with Crippen molar-refractivity contribution in [3.63, 3.8) is 0 Å². The van der Waals surface area contributed by atoms with E-state index >= 15 is 0 Å².